The van der Waals surface area contributed by atoms with Gasteiger partial charge in [-0.2, -0.15) is 5.10 Å². The maximum absolute atomic E-state index is 13.1. The summed E-state index contributed by atoms with van der Waals surface area (Å²) in [5.74, 6) is -0.252. The highest BCUT2D eigenvalue weighted by molar-refractivity contribution is 6.07. The van der Waals surface area contributed by atoms with Gasteiger partial charge in [0.05, 0.1) is 11.0 Å². The van der Waals surface area contributed by atoms with Gasteiger partial charge < -0.3 is 0 Å². The zero-order valence-electron chi connectivity index (χ0n) is 11.4. The van der Waals surface area contributed by atoms with Crippen LogP contribution in [0.15, 0.2) is 48.7 Å². The molecule has 21 heavy (non-hydrogen) atoms. The summed E-state index contributed by atoms with van der Waals surface area (Å²) in [6.07, 6.45) is 1.81. The Bertz CT molecular complexity index is 955. The minimum Gasteiger partial charge on any atom is -0.276 e. The fourth-order valence-corrected chi connectivity index (χ4v) is 2.61. The zero-order valence-corrected chi connectivity index (χ0v) is 11.4. The third kappa shape index (κ3) is 1.88. The van der Waals surface area contributed by atoms with Crippen LogP contribution in [0.4, 0.5) is 4.39 Å². The van der Waals surface area contributed by atoms with Crippen molar-refractivity contribution in [3.05, 3.63) is 60.0 Å². The lowest BCUT2D eigenvalue weighted by molar-refractivity contribution is 0.628. The van der Waals surface area contributed by atoms with Crippen molar-refractivity contribution in [2.45, 2.75) is 6.92 Å². The summed E-state index contributed by atoms with van der Waals surface area (Å²) in [5.41, 5.74) is 4.73. The SMILES string of the molecule is Cc1ccc2ncc3c(-c4ccc(F)cc4)n[nH]c3c2c1. The van der Waals surface area contributed by atoms with Gasteiger partial charge in [-0.05, 0) is 43.3 Å². The molecule has 2 heterocycles. The Balaban J connectivity index is 2.02. The molecule has 0 fully saturated rings. The van der Waals surface area contributed by atoms with E-state index in [1.54, 1.807) is 12.1 Å². The normalized spacial score (nSPS) is 11.3. The highest BCUT2D eigenvalue weighted by Gasteiger charge is 2.11. The van der Waals surface area contributed by atoms with Crippen LogP contribution in [0.1, 0.15) is 5.56 Å². The zero-order chi connectivity index (χ0) is 14.4. The molecule has 0 amide bonds. The average molecular weight is 277 g/mol. The van der Waals surface area contributed by atoms with Crippen molar-refractivity contribution in [1.82, 2.24) is 15.2 Å². The molecule has 0 radical (unpaired) electrons. The van der Waals surface area contributed by atoms with Crippen LogP contribution in [-0.2, 0) is 0 Å². The van der Waals surface area contributed by atoms with Gasteiger partial charge in [-0.15, -0.1) is 0 Å². The van der Waals surface area contributed by atoms with E-state index in [1.807, 2.05) is 18.3 Å². The monoisotopic (exact) mass is 277 g/mol. The van der Waals surface area contributed by atoms with E-state index < -0.39 is 0 Å². The van der Waals surface area contributed by atoms with Gasteiger partial charge in [0.1, 0.15) is 11.5 Å². The van der Waals surface area contributed by atoms with Gasteiger partial charge in [-0.3, -0.25) is 10.1 Å². The quantitative estimate of drug-likeness (QED) is 0.566. The molecule has 4 heteroatoms. The average Bonchev–Trinajstić information content (AvgIpc) is 2.92. The van der Waals surface area contributed by atoms with Crippen molar-refractivity contribution in [3.63, 3.8) is 0 Å². The van der Waals surface area contributed by atoms with E-state index in [0.717, 1.165) is 33.1 Å². The van der Waals surface area contributed by atoms with E-state index in [2.05, 4.69) is 28.2 Å². The van der Waals surface area contributed by atoms with Crippen LogP contribution in [0, 0.1) is 12.7 Å². The number of hydrogen-bond acceptors (Lipinski definition) is 2. The molecule has 2 aromatic heterocycles. The second kappa shape index (κ2) is 4.38. The number of fused-ring (bicyclic) bond motifs is 3. The molecule has 0 aliphatic heterocycles. The largest absolute Gasteiger partial charge is 0.276 e. The summed E-state index contributed by atoms with van der Waals surface area (Å²) in [4.78, 5) is 4.49. The van der Waals surface area contributed by atoms with Gasteiger partial charge in [-0.1, -0.05) is 11.6 Å². The number of aromatic nitrogens is 3. The molecular formula is C17H12FN3. The third-order valence-corrected chi connectivity index (χ3v) is 3.68. The molecule has 0 saturated heterocycles. The first-order valence-corrected chi connectivity index (χ1v) is 6.72. The Morgan fingerprint density at radius 3 is 2.62 bits per heavy atom. The van der Waals surface area contributed by atoms with Crippen molar-refractivity contribution in [2.75, 3.05) is 0 Å². The standard InChI is InChI=1S/C17H12FN3/c1-10-2-7-15-13(8-10)17-14(9-19-15)16(20-21-17)11-3-5-12(18)6-4-11/h2-9H,1H3,(H,20,21). The molecule has 2 aromatic carbocycles. The minimum absolute atomic E-state index is 0.252. The molecule has 0 bridgehead atoms. The first kappa shape index (κ1) is 12.0. The van der Waals surface area contributed by atoms with Crippen molar-refractivity contribution in [1.29, 1.82) is 0 Å². The van der Waals surface area contributed by atoms with Gasteiger partial charge in [-0.25, -0.2) is 4.39 Å². The number of nitrogens with one attached hydrogen (secondary N) is 1. The van der Waals surface area contributed by atoms with Crippen molar-refractivity contribution >= 4 is 21.8 Å². The van der Waals surface area contributed by atoms with Gasteiger partial charge in [0.15, 0.2) is 0 Å². The first-order chi connectivity index (χ1) is 10.2. The fraction of sp³-hybridized carbons (Fsp3) is 0.0588. The Labute approximate surface area is 120 Å². The fourth-order valence-electron chi connectivity index (χ4n) is 2.61. The molecule has 4 rings (SSSR count). The molecule has 1 N–H and O–H groups in total. The van der Waals surface area contributed by atoms with Gasteiger partial charge >= 0.3 is 0 Å². The van der Waals surface area contributed by atoms with Crippen LogP contribution in [0.25, 0.3) is 33.1 Å². The summed E-state index contributed by atoms with van der Waals surface area (Å²) < 4.78 is 13.1. The van der Waals surface area contributed by atoms with Gasteiger partial charge in [0.25, 0.3) is 0 Å². The number of pyridine rings is 1. The van der Waals surface area contributed by atoms with Gasteiger partial charge in [0.2, 0.25) is 0 Å². The van der Waals surface area contributed by atoms with Crippen LogP contribution in [0.3, 0.4) is 0 Å². The number of nitrogens with zero attached hydrogens (tertiary/aromatic N) is 2. The van der Waals surface area contributed by atoms with E-state index >= 15 is 0 Å². The van der Waals surface area contributed by atoms with Crippen LogP contribution in [0.2, 0.25) is 0 Å². The van der Waals surface area contributed by atoms with E-state index in [9.17, 15) is 4.39 Å². The Morgan fingerprint density at radius 1 is 1.00 bits per heavy atom. The summed E-state index contributed by atoms with van der Waals surface area (Å²) in [6, 6.07) is 12.5. The predicted molar refractivity (Wildman–Crippen MR) is 81.5 cm³/mol. The van der Waals surface area contributed by atoms with Crippen molar-refractivity contribution < 1.29 is 4.39 Å². The molecule has 3 nitrogen and oxygen atoms in total. The molecule has 0 aliphatic rings. The molecule has 0 spiro atoms. The van der Waals surface area contributed by atoms with E-state index in [4.69, 9.17) is 0 Å². The second-order valence-corrected chi connectivity index (χ2v) is 5.15. The number of aromatic amines is 1. The van der Waals surface area contributed by atoms with Gasteiger partial charge in [0, 0.05) is 22.5 Å². The van der Waals surface area contributed by atoms with E-state index in [-0.39, 0.29) is 5.82 Å². The van der Waals surface area contributed by atoms with E-state index in [0.29, 0.717) is 0 Å². The summed E-state index contributed by atoms with van der Waals surface area (Å²) in [6.45, 7) is 2.05. The number of halogens is 1. The van der Waals surface area contributed by atoms with Crippen LogP contribution >= 0.6 is 0 Å². The van der Waals surface area contributed by atoms with Crippen LogP contribution in [-0.4, -0.2) is 15.2 Å². The molecule has 0 aliphatic carbocycles. The lowest BCUT2D eigenvalue weighted by Gasteiger charge is -2.01. The predicted octanol–water partition coefficient (Wildman–Crippen LogP) is 4.23. The van der Waals surface area contributed by atoms with E-state index in [1.165, 1.54) is 17.7 Å². The maximum atomic E-state index is 13.1. The summed E-state index contributed by atoms with van der Waals surface area (Å²) in [7, 11) is 0. The lowest BCUT2D eigenvalue weighted by atomic mass is 10.1. The summed E-state index contributed by atoms with van der Waals surface area (Å²) >= 11 is 0. The van der Waals surface area contributed by atoms with Crippen LogP contribution < -0.4 is 0 Å². The topological polar surface area (TPSA) is 41.6 Å². The maximum Gasteiger partial charge on any atom is 0.123 e. The number of H-pyrrole nitrogens is 1. The highest BCUT2D eigenvalue weighted by Crippen LogP contribution is 2.30. The van der Waals surface area contributed by atoms with Crippen molar-refractivity contribution in [3.8, 4) is 11.3 Å². The molecule has 0 saturated carbocycles. The number of rotatable bonds is 1. The lowest BCUT2D eigenvalue weighted by Crippen LogP contribution is -1.83. The second-order valence-electron chi connectivity index (χ2n) is 5.15. The van der Waals surface area contributed by atoms with Crippen LogP contribution in [0.5, 0.6) is 0 Å². The number of benzene rings is 2. The third-order valence-electron chi connectivity index (χ3n) is 3.68. The number of aryl methyl sites for hydroxylation is 1. The molecule has 102 valence electrons. The smallest absolute Gasteiger partial charge is 0.123 e. The van der Waals surface area contributed by atoms with Crippen molar-refractivity contribution in [2.24, 2.45) is 0 Å². The minimum atomic E-state index is -0.252. The summed E-state index contributed by atoms with van der Waals surface area (Å²) in [5, 5.41) is 9.47. The molecular weight excluding hydrogens is 265 g/mol. The highest BCUT2D eigenvalue weighted by atomic mass is 19.1. The molecule has 4 aromatic rings. The Morgan fingerprint density at radius 2 is 1.81 bits per heavy atom. The Kier molecular flexibility index (Phi) is 2.51. The first-order valence-electron chi connectivity index (χ1n) is 6.72. The molecule has 0 unspecified atom stereocenters. The molecule has 0 atom stereocenters. The number of hydrogen-bond donors (Lipinski definition) is 1. The Hall–Kier alpha value is -2.75.